The fourth-order valence-electron chi connectivity index (χ4n) is 2.58. The van der Waals surface area contributed by atoms with Crippen molar-refractivity contribution in [2.45, 2.75) is 25.7 Å². The Balaban J connectivity index is 1.96. The van der Waals surface area contributed by atoms with E-state index in [-0.39, 0.29) is 12.3 Å². The van der Waals surface area contributed by atoms with Crippen LogP contribution in [0.3, 0.4) is 0 Å². The van der Waals surface area contributed by atoms with E-state index in [0.717, 1.165) is 12.0 Å². The first-order valence-electron chi connectivity index (χ1n) is 7.78. The minimum absolute atomic E-state index is 0.0278. The zero-order chi connectivity index (χ0) is 16.7. The van der Waals surface area contributed by atoms with E-state index in [4.69, 9.17) is 16.3 Å². The van der Waals surface area contributed by atoms with Crippen LogP contribution < -0.4 is 10.1 Å². The molecular weight excluding hydrogens is 310 g/mol. The van der Waals surface area contributed by atoms with Crippen LogP contribution in [-0.4, -0.2) is 19.6 Å². The van der Waals surface area contributed by atoms with Crippen molar-refractivity contribution in [3.05, 3.63) is 64.7 Å². The van der Waals surface area contributed by atoms with Crippen molar-refractivity contribution in [1.29, 1.82) is 0 Å². The van der Waals surface area contributed by atoms with Crippen molar-refractivity contribution in [2.24, 2.45) is 0 Å². The molecule has 2 aromatic rings. The number of carbonyl (C=O) groups excluding carboxylic acids is 1. The maximum Gasteiger partial charge on any atom is 0.224 e. The molecule has 3 nitrogen and oxygen atoms in total. The second kappa shape index (κ2) is 8.59. The number of hydrogen-bond donors (Lipinski definition) is 1. The third kappa shape index (κ3) is 5.00. The van der Waals surface area contributed by atoms with E-state index >= 15 is 0 Å². The number of halogens is 1. The van der Waals surface area contributed by atoms with Gasteiger partial charge in [-0.05, 0) is 30.2 Å². The van der Waals surface area contributed by atoms with Gasteiger partial charge in [0.05, 0.1) is 13.5 Å². The molecule has 2 aromatic carbocycles. The van der Waals surface area contributed by atoms with Crippen LogP contribution in [0, 0.1) is 0 Å². The molecule has 0 saturated carbocycles. The Morgan fingerprint density at radius 3 is 2.61 bits per heavy atom. The van der Waals surface area contributed by atoms with Gasteiger partial charge in [-0.2, -0.15) is 0 Å². The summed E-state index contributed by atoms with van der Waals surface area (Å²) in [7, 11) is 1.59. The van der Waals surface area contributed by atoms with Gasteiger partial charge < -0.3 is 10.1 Å². The molecule has 0 aliphatic heterocycles. The summed E-state index contributed by atoms with van der Waals surface area (Å²) < 4.78 is 5.28. The molecule has 122 valence electrons. The second-order valence-corrected chi connectivity index (χ2v) is 5.89. The third-order valence-electron chi connectivity index (χ3n) is 3.90. The van der Waals surface area contributed by atoms with Gasteiger partial charge in [-0.25, -0.2) is 0 Å². The standard InChI is InChI=1S/C19H22ClNO2/c1-3-14(15-7-5-4-6-8-15)13-21-19(22)12-16-11-17(20)9-10-18(16)23-2/h4-11,14H,3,12-13H2,1-2H3,(H,21,22)/t14-/m1/s1. The number of hydrogen-bond acceptors (Lipinski definition) is 2. The molecule has 1 N–H and O–H groups in total. The summed E-state index contributed by atoms with van der Waals surface area (Å²) in [6.07, 6.45) is 1.24. The van der Waals surface area contributed by atoms with Crippen LogP contribution in [0.5, 0.6) is 5.75 Å². The Labute approximate surface area is 142 Å². The normalized spacial score (nSPS) is 11.8. The molecule has 0 spiro atoms. The first kappa shape index (κ1) is 17.4. The van der Waals surface area contributed by atoms with E-state index in [0.29, 0.717) is 23.2 Å². The number of nitrogens with one attached hydrogen (secondary N) is 1. The van der Waals surface area contributed by atoms with E-state index in [1.54, 1.807) is 25.3 Å². The van der Waals surface area contributed by atoms with Gasteiger partial charge in [-0.15, -0.1) is 0 Å². The monoisotopic (exact) mass is 331 g/mol. The van der Waals surface area contributed by atoms with Gasteiger partial charge in [0.2, 0.25) is 5.91 Å². The summed E-state index contributed by atoms with van der Waals surface area (Å²) >= 11 is 6.00. The van der Waals surface area contributed by atoms with Crippen LogP contribution in [0.25, 0.3) is 0 Å². The SMILES string of the molecule is CC[C@H](CNC(=O)Cc1cc(Cl)ccc1OC)c1ccccc1. The number of methoxy groups -OCH3 is 1. The van der Waals surface area contributed by atoms with Gasteiger partial charge in [0.25, 0.3) is 0 Å². The van der Waals surface area contributed by atoms with Crippen molar-refractivity contribution < 1.29 is 9.53 Å². The van der Waals surface area contributed by atoms with Gasteiger partial charge in [0, 0.05) is 23.0 Å². The first-order chi connectivity index (χ1) is 11.1. The molecule has 1 atom stereocenters. The Hall–Kier alpha value is -2.00. The molecule has 0 unspecified atom stereocenters. The van der Waals surface area contributed by atoms with E-state index in [9.17, 15) is 4.79 Å². The minimum atomic E-state index is -0.0278. The highest BCUT2D eigenvalue weighted by atomic mass is 35.5. The first-order valence-corrected chi connectivity index (χ1v) is 8.16. The summed E-state index contributed by atoms with van der Waals surface area (Å²) in [4.78, 5) is 12.2. The summed E-state index contributed by atoms with van der Waals surface area (Å²) in [5.41, 5.74) is 2.04. The molecule has 0 heterocycles. The number of benzene rings is 2. The van der Waals surface area contributed by atoms with Crippen molar-refractivity contribution in [3.63, 3.8) is 0 Å². The molecule has 0 aromatic heterocycles. The Bertz CT molecular complexity index is 643. The molecule has 0 bridgehead atoms. The van der Waals surface area contributed by atoms with Crippen LogP contribution in [0.15, 0.2) is 48.5 Å². The third-order valence-corrected chi connectivity index (χ3v) is 4.14. The molecule has 1 amide bonds. The van der Waals surface area contributed by atoms with Gasteiger partial charge in [0.15, 0.2) is 0 Å². The van der Waals surface area contributed by atoms with Crippen LogP contribution in [0.2, 0.25) is 5.02 Å². The van der Waals surface area contributed by atoms with E-state index < -0.39 is 0 Å². The lowest BCUT2D eigenvalue weighted by Crippen LogP contribution is -2.29. The molecule has 0 aliphatic rings. The van der Waals surface area contributed by atoms with Crippen LogP contribution >= 0.6 is 11.6 Å². The zero-order valence-electron chi connectivity index (χ0n) is 13.5. The Morgan fingerprint density at radius 2 is 1.96 bits per heavy atom. The lowest BCUT2D eigenvalue weighted by atomic mass is 9.96. The van der Waals surface area contributed by atoms with Crippen LogP contribution in [0.4, 0.5) is 0 Å². The maximum absolute atomic E-state index is 12.2. The number of ether oxygens (including phenoxy) is 1. The smallest absolute Gasteiger partial charge is 0.224 e. The summed E-state index contributed by atoms with van der Waals surface area (Å²) in [5.74, 6) is 0.973. The van der Waals surface area contributed by atoms with E-state index in [1.165, 1.54) is 5.56 Å². The van der Waals surface area contributed by atoms with Gasteiger partial charge in [-0.1, -0.05) is 48.9 Å². The van der Waals surface area contributed by atoms with Crippen molar-refractivity contribution in [1.82, 2.24) is 5.32 Å². The molecule has 4 heteroatoms. The average Bonchev–Trinajstić information content (AvgIpc) is 2.56. The summed E-state index contributed by atoms with van der Waals surface area (Å²) in [6, 6.07) is 15.6. The summed E-state index contributed by atoms with van der Waals surface area (Å²) in [6.45, 7) is 2.76. The average molecular weight is 332 g/mol. The minimum Gasteiger partial charge on any atom is -0.496 e. The zero-order valence-corrected chi connectivity index (χ0v) is 14.3. The predicted molar refractivity (Wildman–Crippen MR) is 94.2 cm³/mol. The van der Waals surface area contributed by atoms with Crippen LogP contribution in [-0.2, 0) is 11.2 Å². The molecule has 23 heavy (non-hydrogen) atoms. The highest BCUT2D eigenvalue weighted by Gasteiger charge is 2.13. The van der Waals surface area contributed by atoms with Crippen LogP contribution in [0.1, 0.15) is 30.4 Å². The van der Waals surface area contributed by atoms with E-state index in [1.807, 2.05) is 18.2 Å². The molecule has 0 aliphatic carbocycles. The quantitative estimate of drug-likeness (QED) is 0.825. The Kier molecular flexibility index (Phi) is 6.48. The fraction of sp³-hybridized carbons (Fsp3) is 0.316. The van der Waals surface area contributed by atoms with E-state index in [2.05, 4.69) is 24.4 Å². The maximum atomic E-state index is 12.2. The molecule has 0 radical (unpaired) electrons. The van der Waals surface area contributed by atoms with Crippen molar-refractivity contribution >= 4 is 17.5 Å². The fourth-order valence-corrected chi connectivity index (χ4v) is 2.78. The van der Waals surface area contributed by atoms with Gasteiger partial charge in [-0.3, -0.25) is 4.79 Å². The van der Waals surface area contributed by atoms with Crippen molar-refractivity contribution in [3.8, 4) is 5.75 Å². The largest absolute Gasteiger partial charge is 0.496 e. The molecule has 2 rings (SSSR count). The molecule has 0 fully saturated rings. The number of rotatable bonds is 7. The highest BCUT2D eigenvalue weighted by molar-refractivity contribution is 6.30. The Morgan fingerprint density at radius 1 is 1.22 bits per heavy atom. The highest BCUT2D eigenvalue weighted by Crippen LogP contribution is 2.23. The summed E-state index contributed by atoms with van der Waals surface area (Å²) in [5, 5.41) is 3.62. The lowest BCUT2D eigenvalue weighted by molar-refractivity contribution is -0.120. The predicted octanol–water partition coefficient (Wildman–Crippen LogP) is 4.20. The van der Waals surface area contributed by atoms with Gasteiger partial charge >= 0.3 is 0 Å². The number of carbonyl (C=O) groups is 1. The lowest BCUT2D eigenvalue weighted by Gasteiger charge is -2.16. The van der Waals surface area contributed by atoms with Crippen molar-refractivity contribution in [2.75, 3.05) is 13.7 Å². The number of amides is 1. The topological polar surface area (TPSA) is 38.3 Å². The van der Waals surface area contributed by atoms with Gasteiger partial charge in [0.1, 0.15) is 5.75 Å². The second-order valence-electron chi connectivity index (χ2n) is 5.45. The molecular formula is C19H22ClNO2. The molecule has 0 saturated heterocycles.